The van der Waals surface area contributed by atoms with Gasteiger partial charge in [-0.05, 0) is 50.5 Å². The Morgan fingerprint density at radius 3 is 2.50 bits per heavy atom. The van der Waals surface area contributed by atoms with Gasteiger partial charge in [-0.2, -0.15) is 0 Å². The van der Waals surface area contributed by atoms with Gasteiger partial charge in [-0.1, -0.05) is 30.3 Å². The lowest BCUT2D eigenvalue weighted by molar-refractivity contribution is -0.142. The lowest BCUT2D eigenvalue weighted by Crippen LogP contribution is -2.48. The molecule has 0 heterocycles. The van der Waals surface area contributed by atoms with E-state index in [1.54, 1.807) is 7.11 Å². The van der Waals surface area contributed by atoms with Crippen LogP contribution in [-0.4, -0.2) is 42.9 Å². The van der Waals surface area contributed by atoms with Gasteiger partial charge in [0.15, 0.2) is 0 Å². The molecule has 0 aliphatic heterocycles. The first-order valence-corrected chi connectivity index (χ1v) is 9.41. The Kier molecular flexibility index (Phi) is 8.41. The lowest BCUT2D eigenvalue weighted by Gasteiger charge is -2.28. The van der Waals surface area contributed by atoms with Gasteiger partial charge in [0.25, 0.3) is 0 Å². The maximum Gasteiger partial charge on any atom is 0.315 e. The summed E-state index contributed by atoms with van der Waals surface area (Å²) in [6.07, 6.45) is 5.21. The second kappa shape index (κ2) is 10.8. The maximum atomic E-state index is 12.4. The van der Waals surface area contributed by atoms with Gasteiger partial charge < -0.3 is 20.5 Å². The van der Waals surface area contributed by atoms with Crippen molar-refractivity contribution in [3.8, 4) is 0 Å². The molecule has 0 aromatic heterocycles. The summed E-state index contributed by atoms with van der Waals surface area (Å²) in [5.74, 6) is -0.995. The van der Waals surface area contributed by atoms with Crippen LogP contribution in [0.25, 0.3) is 0 Å². The number of carbonyl (C=O) groups is 2. The quantitative estimate of drug-likeness (QED) is 0.589. The first-order valence-electron chi connectivity index (χ1n) is 9.41. The number of carbonyl (C=O) groups excluding carboxylic acids is 1. The zero-order chi connectivity index (χ0) is 18.8. The first-order chi connectivity index (χ1) is 12.6. The molecule has 1 unspecified atom stereocenters. The number of ether oxygens (including phenoxy) is 1. The number of rotatable bonds is 9. The van der Waals surface area contributed by atoms with Crippen LogP contribution in [-0.2, 0) is 16.0 Å². The maximum absolute atomic E-state index is 12.4. The van der Waals surface area contributed by atoms with Crippen LogP contribution in [0.1, 0.15) is 44.1 Å². The van der Waals surface area contributed by atoms with Gasteiger partial charge in [0.2, 0.25) is 0 Å². The van der Waals surface area contributed by atoms with Gasteiger partial charge in [0, 0.05) is 25.8 Å². The van der Waals surface area contributed by atoms with Crippen molar-refractivity contribution >= 4 is 12.0 Å². The van der Waals surface area contributed by atoms with Crippen molar-refractivity contribution < 1.29 is 19.4 Å². The number of carboxylic acid groups (broad SMARTS) is 1. The third-order valence-electron chi connectivity index (χ3n) is 4.97. The molecule has 0 saturated heterocycles. The number of nitrogens with one attached hydrogen (secondary N) is 2. The summed E-state index contributed by atoms with van der Waals surface area (Å²) < 4.78 is 5.12. The molecule has 1 aliphatic rings. The average Bonchev–Trinajstić information content (AvgIpc) is 2.63. The summed E-state index contributed by atoms with van der Waals surface area (Å²) in [6.45, 7) is 0.674. The van der Waals surface area contributed by atoms with Crippen molar-refractivity contribution in [1.82, 2.24) is 10.6 Å². The number of hydrogen-bond donors (Lipinski definition) is 3. The molecule has 144 valence electrons. The van der Waals surface area contributed by atoms with E-state index in [1.807, 2.05) is 18.2 Å². The monoisotopic (exact) mass is 362 g/mol. The van der Waals surface area contributed by atoms with Crippen molar-refractivity contribution in [1.29, 1.82) is 0 Å². The Hall–Kier alpha value is -2.08. The molecule has 1 aliphatic carbocycles. The molecule has 1 fully saturated rings. The highest BCUT2D eigenvalue weighted by molar-refractivity contribution is 5.74. The normalized spacial score (nSPS) is 21.0. The van der Waals surface area contributed by atoms with Gasteiger partial charge in [0.05, 0.1) is 5.92 Å². The third kappa shape index (κ3) is 7.04. The van der Waals surface area contributed by atoms with Crippen LogP contribution in [0.15, 0.2) is 30.3 Å². The van der Waals surface area contributed by atoms with Crippen LogP contribution in [0.4, 0.5) is 4.79 Å². The summed E-state index contributed by atoms with van der Waals surface area (Å²) in [4.78, 5) is 23.4. The van der Waals surface area contributed by atoms with Crippen LogP contribution >= 0.6 is 0 Å². The minimum Gasteiger partial charge on any atom is -0.481 e. The highest BCUT2D eigenvalue weighted by Gasteiger charge is 2.27. The molecule has 2 rings (SSSR count). The summed E-state index contributed by atoms with van der Waals surface area (Å²) in [7, 11) is 1.68. The Bertz CT molecular complexity index is 556. The van der Waals surface area contributed by atoms with E-state index in [0.717, 1.165) is 32.1 Å². The summed E-state index contributed by atoms with van der Waals surface area (Å²) in [6, 6.07) is 10.1. The number of aliphatic carboxylic acids is 1. The standard InChI is InChI=1S/C20H30N2O4/c1-26-13-5-8-18(14-15-6-3-2-4-7-15)22-20(25)21-17-11-9-16(10-12-17)19(23)24/h2-4,6-7,16-18H,5,8-14H2,1H3,(H,23,24)(H2,21,22,25). The third-order valence-corrected chi connectivity index (χ3v) is 4.97. The minimum absolute atomic E-state index is 0.0444. The molecule has 0 spiro atoms. The highest BCUT2D eigenvalue weighted by atomic mass is 16.5. The Balaban J connectivity index is 1.82. The predicted octanol–water partition coefficient (Wildman–Crippen LogP) is 2.97. The molecule has 1 aromatic rings. The second-order valence-corrected chi connectivity index (χ2v) is 7.03. The van der Waals surface area contributed by atoms with Crippen molar-refractivity contribution in [2.45, 2.75) is 57.0 Å². The lowest BCUT2D eigenvalue weighted by atomic mass is 9.86. The van der Waals surface area contributed by atoms with E-state index in [0.29, 0.717) is 19.4 Å². The molecule has 0 bridgehead atoms. The van der Waals surface area contributed by atoms with E-state index in [4.69, 9.17) is 9.84 Å². The Labute approximate surface area is 155 Å². The molecule has 6 nitrogen and oxygen atoms in total. The van der Waals surface area contributed by atoms with E-state index in [-0.39, 0.29) is 24.0 Å². The Morgan fingerprint density at radius 2 is 1.88 bits per heavy atom. The van der Waals surface area contributed by atoms with Crippen LogP contribution < -0.4 is 10.6 Å². The van der Waals surface area contributed by atoms with Crippen LogP contribution in [0, 0.1) is 5.92 Å². The molecule has 26 heavy (non-hydrogen) atoms. The van der Waals surface area contributed by atoms with Crippen molar-refractivity contribution in [2.75, 3.05) is 13.7 Å². The molecule has 3 N–H and O–H groups in total. The topological polar surface area (TPSA) is 87.7 Å². The number of methoxy groups -OCH3 is 1. The zero-order valence-corrected chi connectivity index (χ0v) is 15.4. The molecule has 1 saturated carbocycles. The summed E-state index contributed by atoms with van der Waals surface area (Å²) in [5, 5.41) is 15.2. The number of amides is 2. The van der Waals surface area contributed by atoms with Gasteiger partial charge in [-0.3, -0.25) is 4.79 Å². The van der Waals surface area contributed by atoms with E-state index in [9.17, 15) is 9.59 Å². The fourth-order valence-electron chi connectivity index (χ4n) is 3.50. The molecule has 2 amide bonds. The highest BCUT2D eigenvalue weighted by Crippen LogP contribution is 2.24. The number of urea groups is 1. The van der Waals surface area contributed by atoms with Gasteiger partial charge >= 0.3 is 12.0 Å². The van der Waals surface area contributed by atoms with Crippen LogP contribution in [0.5, 0.6) is 0 Å². The van der Waals surface area contributed by atoms with E-state index in [1.165, 1.54) is 5.56 Å². The SMILES string of the molecule is COCCCC(Cc1ccccc1)NC(=O)NC1CCC(C(=O)O)CC1. The second-order valence-electron chi connectivity index (χ2n) is 7.03. The largest absolute Gasteiger partial charge is 0.481 e. The summed E-state index contributed by atoms with van der Waals surface area (Å²) in [5.41, 5.74) is 1.19. The fraction of sp³-hybridized carbons (Fsp3) is 0.600. The number of benzene rings is 1. The van der Waals surface area contributed by atoms with Crippen molar-refractivity contribution in [3.63, 3.8) is 0 Å². The van der Waals surface area contributed by atoms with Crippen molar-refractivity contribution in [2.24, 2.45) is 5.92 Å². The first kappa shape index (κ1) is 20.2. The van der Waals surface area contributed by atoms with E-state index >= 15 is 0 Å². The van der Waals surface area contributed by atoms with Crippen LogP contribution in [0.3, 0.4) is 0 Å². The smallest absolute Gasteiger partial charge is 0.315 e. The van der Waals surface area contributed by atoms with Crippen LogP contribution in [0.2, 0.25) is 0 Å². The van der Waals surface area contributed by atoms with Gasteiger partial charge in [0.1, 0.15) is 0 Å². The minimum atomic E-state index is -0.728. The molecule has 1 atom stereocenters. The van der Waals surface area contributed by atoms with Gasteiger partial charge in [-0.15, -0.1) is 0 Å². The fourth-order valence-corrected chi connectivity index (χ4v) is 3.50. The average molecular weight is 362 g/mol. The van der Waals surface area contributed by atoms with Gasteiger partial charge in [-0.25, -0.2) is 4.79 Å². The molecular weight excluding hydrogens is 332 g/mol. The molecular formula is C20H30N2O4. The number of carboxylic acids is 1. The predicted molar refractivity (Wildman–Crippen MR) is 100 cm³/mol. The van der Waals surface area contributed by atoms with E-state index in [2.05, 4.69) is 22.8 Å². The zero-order valence-electron chi connectivity index (χ0n) is 15.4. The number of hydrogen-bond acceptors (Lipinski definition) is 3. The Morgan fingerprint density at radius 1 is 1.19 bits per heavy atom. The van der Waals surface area contributed by atoms with Crippen molar-refractivity contribution in [3.05, 3.63) is 35.9 Å². The van der Waals surface area contributed by atoms with E-state index < -0.39 is 5.97 Å². The molecule has 0 radical (unpaired) electrons. The summed E-state index contributed by atoms with van der Waals surface area (Å²) >= 11 is 0. The molecule has 1 aromatic carbocycles. The molecule has 6 heteroatoms.